The lowest BCUT2D eigenvalue weighted by Gasteiger charge is -2.20. The van der Waals surface area contributed by atoms with Crippen molar-refractivity contribution in [1.82, 2.24) is 20.0 Å². The second-order valence-corrected chi connectivity index (χ2v) is 5.85. The van der Waals surface area contributed by atoms with E-state index in [0.29, 0.717) is 0 Å². The standard InChI is InChI=1S/C14H22N4O/c1-10-13(9-17(2)16-10)14(19)18-5-3-11-7-15-8-12(11)4-6-18/h9,11-12,15H,3-8H2,1-2H3/t11-,12+. The van der Waals surface area contributed by atoms with Crippen molar-refractivity contribution in [1.29, 1.82) is 0 Å². The zero-order valence-electron chi connectivity index (χ0n) is 11.7. The number of fused-ring (bicyclic) bond motifs is 1. The molecule has 1 aromatic rings. The van der Waals surface area contributed by atoms with Crippen molar-refractivity contribution in [2.45, 2.75) is 19.8 Å². The van der Waals surface area contributed by atoms with Crippen molar-refractivity contribution in [2.75, 3.05) is 26.2 Å². The van der Waals surface area contributed by atoms with E-state index in [9.17, 15) is 4.79 Å². The molecule has 2 atom stereocenters. The number of carbonyl (C=O) groups excluding carboxylic acids is 1. The SMILES string of the molecule is Cc1nn(C)cc1C(=O)N1CC[C@@H]2CNC[C@@H]2CC1. The molecule has 0 saturated carbocycles. The summed E-state index contributed by atoms with van der Waals surface area (Å²) in [6, 6.07) is 0. The topological polar surface area (TPSA) is 50.2 Å². The van der Waals surface area contributed by atoms with Crippen molar-refractivity contribution in [3.63, 3.8) is 0 Å². The van der Waals surface area contributed by atoms with Crippen LogP contribution in [0.15, 0.2) is 6.20 Å². The van der Waals surface area contributed by atoms with Crippen LogP contribution in [0.25, 0.3) is 0 Å². The second-order valence-electron chi connectivity index (χ2n) is 5.85. The Hall–Kier alpha value is -1.36. The van der Waals surface area contributed by atoms with E-state index in [-0.39, 0.29) is 5.91 Å². The maximum atomic E-state index is 12.6. The van der Waals surface area contributed by atoms with E-state index in [1.807, 2.05) is 25.1 Å². The fourth-order valence-electron chi connectivity index (χ4n) is 3.40. The van der Waals surface area contributed by atoms with Crippen LogP contribution in [0.1, 0.15) is 28.9 Å². The molecule has 0 unspecified atom stereocenters. The number of aryl methyl sites for hydroxylation is 2. The number of likely N-dealkylation sites (tertiary alicyclic amines) is 1. The molecule has 0 spiro atoms. The van der Waals surface area contributed by atoms with Gasteiger partial charge in [-0.3, -0.25) is 9.48 Å². The summed E-state index contributed by atoms with van der Waals surface area (Å²) in [6.07, 6.45) is 4.09. The molecule has 0 radical (unpaired) electrons. The molecule has 1 aromatic heterocycles. The highest BCUT2D eigenvalue weighted by molar-refractivity contribution is 5.95. The van der Waals surface area contributed by atoms with Crippen molar-refractivity contribution in [2.24, 2.45) is 18.9 Å². The number of aromatic nitrogens is 2. The Kier molecular flexibility index (Phi) is 3.31. The summed E-state index contributed by atoms with van der Waals surface area (Å²) in [5.74, 6) is 1.67. The maximum absolute atomic E-state index is 12.6. The van der Waals surface area contributed by atoms with E-state index in [2.05, 4.69) is 10.4 Å². The quantitative estimate of drug-likeness (QED) is 0.814. The van der Waals surface area contributed by atoms with Gasteiger partial charge < -0.3 is 10.2 Å². The Morgan fingerprint density at radius 1 is 1.32 bits per heavy atom. The lowest BCUT2D eigenvalue weighted by molar-refractivity contribution is 0.0757. The highest BCUT2D eigenvalue weighted by Gasteiger charge is 2.32. The fraction of sp³-hybridized carbons (Fsp3) is 0.714. The highest BCUT2D eigenvalue weighted by atomic mass is 16.2. The number of carbonyl (C=O) groups is 1. The van der Waals surface area contributed by atoms with E-state index >= 15 is 0 Å². The number of nitrogens with one attached hydrogen (secondary N) is 1. The van der Waals surface area contributed by atoms with Gasteiger partial charge in [0, 0.05) is 26.3 Å². The average molecular weight is 262 g/mol. The van der Waals surface area contributed by atoms with Gasteiger partial charge in [-0.25, -0.2) is 0 Å². The Morgan fingerprint density at radius 2 is 1.95 bits per heavy atom. The minimum absolute atomic E-state index is 0.151. The number of amides is 1. The average Bonchev–Trinajstić information content (AvgIpc) is 2.90. The summed E-state index contributed by atoms with van der Waals surface area (Å²) < 4.78 is 1.72. The van der Waals surface area contributed by atoms with Gasteiger partial charge in [0.05, 0.1) is 11.3 Å². The first kappa shape index (κ1) is 12.7. The van der Waals surface area contributed by atoms with Gasteiger partial charge in [0.25, 0.3) is 5.91 Å². The van der Waals surface area contributed by atoms with Crippen LogP contribution < -0.4 is 5.32 Å². The first-order chi connectivity index (χ1) is 9.15. The van der Waals surface area contributed by atoms with Gasteiger partial charge in [0.1, 0.15) is 0 Å². The summed E-state index contributed by atoms with van der Waals surface area (Å²) in [4.78, 5) is 14.6. The molecule has 3 rings (SSSR count). The Morgan fingerprint density at radius 3 is 2.47 bits per heavy atom. The molecule has 3 heterocycles. The molecular formula is C14H22N4O. The monoisotopic (exact) mass is 262 g/mol. The zero-order valence-corrected chi connectivity index (χ0v) is 11.7. The molecule has 0 bridgehead atoms. The summed E-state index contributed by atoms with van der Waals surface area (Å²) in [6.45, 7) is 5.92. The number of hydrogen-bond acceptors (Lipinski definition) is 3. The van der Waals surface area contributed by atoms with Crippen LogP contribution in [0.4, 0.5) is 0 Å². The van der Waals surface area contributed by atoms with Crippen molar-refractivity contribution in [3.05, 3.63) is 17.5 Å². The normalized spacial score (nSPS) is 27.2. The molecule has 2 aliphatic rings. The molecule has 104 valence electrons. The summed E-state index contributed by atoms with van der Waals surface area (Å²) in [5, 5.41) is 7.73. The molecule has 2 saturated heterocycles. The van der Waals surface area contributed by atoms with E-state index in [1.54, 1.807) is 4.68 Å². The van der Waals surface area contributed by atoms with Crippen molar-refractivity contribution >= 4 is 5.91 Å². The maximum Gasteiger partial charge on any atom is 0.257 e. The second kappa shape index (κ2) is 4.96. The molecule has 2 fully saturated rings. The largest absolute Gasteiger partial charge is 0.339 e. The minimum atomic E-state index is 0.151. The minimum Gasteiger partial charge on any atom is -0.339 e. The Bertz CT molecular complexity index is 468. The lowest BCUT2D eigenvalue weighted by atomic mass is 9.92. The first-order valence-corrected chi connectivity index (χ1v) is 7.15. The molecule has 2 aliphatic heterocycles. The smallest absolute Gasteiger partial charge is 0.257 e. The number of hydrogen-bond donors (Lipinski definition) is 1. The third-order valence-electron chi connectivity index (χ3n) is 4.55. The van der Waals surface area contributed by atoms with Gasteiger partial charge >= 0.3 is 0 Å². The third-order valence-corrected chi connectivity index (χ3v) is 4.55. The molecule has 5 heteroatoms. The molecule has 0 aliphatic carbocycles. The predicted molar refractivity (Wildman–Crippen MR) is 72.9 cm³/mol. The van der Waals surface area contributed by atoms with Gasteiger partial charge in [0.2, 0.25) is 0 Å². The van der Waals surface area contributed by atoms with E-state index in [1.165, 1.54) is 0 Å². The van der Waals surface area contributed by atoms with Crippen LogP contribution in [0, 0.1) is 18.8 Å². The van der Waals surface area contributed by atoms with Crippen molar-refractivity contribution in [3.8, 4) is 0 Å². The highest BCUT2D eigenvalue weighted by Crippen LogP contribution is 2.27. The zero-order chi connectivity index (χ0) is 13.4. The fourth-order valence-corrected chi connectivity index (χ4v) is 3.40. The van der Waals surface area contributed by atoms with Gasteiger partial charge in [-0.2, -0.15) is 5.10 Å². The Labute approximate surface area is 114 Å². The van der Waals surface area contributed by atoms with Crippen LogP contribution in [-0.4, -0.2) is 46.8 Å². The van der Waals surface area contributed by atoms with E-state index in [0.717, 1.165) is 62.1 Å². The number of rotatable bonds is 1. The van der Waals surface area contributed by atoms with Crippen LogP contribution in [-0.2, 0) is 7.05 Å². The van der Waals surface area contributed by atoms with Gasteiger partial charge in [0.15, 0.2) is 0 Å². The van der Waals surface area contributed by atoms with Crippen molar-refractivity contribution < 1.29 is 4.79 Å². The lowest BCUT2D eigenvalue weighted by Crippen LogP contribution is -2.33. The molecule has 1 amide bonds. The van der Waals surface area contributed by atoms with Crippen LogP contribution in [0.5, 0.6) is 0 Å². The summed E-state index contributed by atoms with van der Waals surface area (Å²) in [5.41, 5.74) is 1.59. The molecule has 19 heavy (non-hydrogen) atoms. The molecule has 5 nitrogen and oxygen atoms in total. The first-order valence-electron chi connectivity index (χ1n) is 7.15. The molecule has 0 aromatic carbocycles. The van der Waals surface area contributed by atoms with Crippen LogP contribution in [0.2, 0.25) is 0 Å². The Balaban J connectivity index is 1.72. The predicted octanol–water partition coefficient (Wildman–Crippen LogP) is 0.800. The summed E-state index contributed by atoms with van der Waals surface area (Å²) in [7, 11) is 1.86. The van der Waals surface area contributed by atoms with E-state index < -0.39 is 0 Å². The third kappa shape index (κ3) is 2.39. The van der Waals surface area contributed by atoms with Gasteiger partial charge in [-0.05, 0) is 44.7 Å². The van der Waals surface area contributed by atoms with Crippen LogP contribution >= 0.6 is 0 Å². The molecule has 1 N–H and O–H groups in total. The van der Waals surface area contributed by atoms with Gasteiger partial charge in [-0.1, -0.05) is 0 Å². The molecular weight excluding hydrogens is 240 g/mol. The summed E-state index contributed by atoms with van der Waals surface area (Å²) >= 11 is 0. The number of nitrogens with zero attached hydrogens (tertiary/aromatic N) is 3. The van der Waals surface area contributed by atoms with Crippen LogP contribution in [0.3, 0.4) is 0 Å². The van der Waals surface area contributed by atoms with Gasteiger partial charge in [-0.15, -0.1) is 0 Å². The van der Waals surface area contributed by atoms with E-state index in [4.69, 9.17) is 0 Å².